The molecule has 23 heavy (non-hydrogen) atoms. The Hall–Kier alpha value is -2.75. The minimum Gasteiger partial charge on any atom is -0.496 e. The van der Waals surface area contributed by atoms with Crippen molar-refractivity contribution >= 4 is 16.8 Å². The molecular weight excluding hydrogens is 288 g/mol. The summed E-state index contributed by atoms with van der Waals surface area (Å²) in [7, 11) is 3.63. The summed E-state index contributed by atoms with van der Waals surface area (Å²) in [6.45, 7) is 0.523. The van der Waals surface area contributed by atoms with Gasteiger partial charge in [0, 0.05) is 36.3 Å². The van der Waals surface area contributed by atoms with Crippen molar-refractivity contribution in [3.8, 4) is 5.75 Å². The number of aryl methyl sites for hydroxylation is 1. The summed E-state index contributed by atoms with van der Waals surface area (Å²) in [6, 6.07) is 15.8. The van der Waals surface area contributed by atoms with Crippen LogP contribution in [0.15, 0.2) is 54.7 Å². The molecule has 3 aromatic rings. The van der Waals surface area contributed by atoms with Crippen molar-refractivity contribution in [2.45, 2.75) is 13.0 Å². The van der Waals surface area contributed by atoms with Crippen molar-refractivity contribution in [3.05, 3.63) is 65.9 Å². The van der Waals surface area contributed by atoms with Gasteiger partial charge in [0.1, 0.15) is 5.75 Å². The number of carbonyl (C=O) groups excluding carboxylic acids is 1. The van der Waals surface area contributed by atoms with Crippen molar-refractivity contribution in [3.63, 3.8) is 0 Å². The topological polar surface area (TPSA) is 43.3 Å². The van der Waals surface area contributed by atoms with E-state index < -0.39 is 0 Å². The first-order valence-corrected chi connectivity index (χ1v) is 7.60. The van der Waals surface area contributed by atoms with Crippen LogP contribution in [-0.4, -0.2) is 17.6 Å². The van der Waals surface area contributed by atoms with Gasteiger partial charge in [-0.1, -0.05) is 36.4 Å². The molecule has 0 saturated carbocycles. The standard InChI is InChI=1S/C19H20N2O2/c1-21-13-15(16-8-4-5-9-17(16)21)12-20-19(22)11-14-7-3-6-10-18(14)23-2/h3-10,13H,11-12H2,1-2H3,(H,20,22). The second kappa shape index (κ2) is 6.57. The maximum Gasteiger partial charge on any atom is 0.224 e. The van der Waals surface area contributed by atoms with Gasteiger partial charge in [-0.05, 0) is 17.7 Å². The van der Waals surface area contributed by atoms with E-state index in [1.165, 1.54) is 10.9 Å². The number of hydrogen-bond acceptors (Lipinski definition) is 2. The molecule has 0 spiro atoms. The highest BCUT2D eigenvalue weighted by atomic mass is 16.5. The number of carbonyl (C=O) groups is 1. The summed E-state index contributed by atoms with van der Waals surface area (Å²) in [5, 5.41) is 4.17. The highest BCUT2D eigenvalue weighted by molar-refractivity contribution is 5.85. The van der Waals surface area contributed by atoms with Crippen LogP contribution in [-0.2, 0) is 24.8 Å². The molecule has 0 atom stereocenters. The number of para-hydroxylation sites is 2. The first-order valence-electron chi connectivity index (χ1n) is 7.60. The molecular formula is C19H20N2O2. The van der Waals surface area contributed by atoms with Gasteiger partial charge >= 0.3 is 0 Å². The van der Waals surface area contributed by atoms with E-state index in [2.05, 4.69) is 28.2 Å². The molecule has 0 unspecified atom stereocenters. The van der Waals surface area contributed by atoms with E-state index in [-0.39, 0.29) is 5.91 Å². The van der Waals surface area contributed by atoms with Crippen LogP contribution in [0.25, 0.3) is 10.9 Å². The van der Waals surface area contributed by atoms with Crippen molar-refractivity contribution in [1.29, 1.82) is 0 Å². The first kappa shape index (κ1) is 15.2. The molecule has 0 radical (unpaired) electrons. The molecule has 0 bridgehead atoms. The minimum absolute atomic E-state index is 0.0116. The average molecular weight is 308 g/mol. The molecule has 118 valence electrons. The molecule has 0 aliphatic rings. The first-order chi connectivity index (χ1) is 11.2. The zero-order valence-electron chi connectivity index (χ0n) is 13.4. The SMILES string of the molecule is COc1ccccc1CC(=O)NCc1cn(C)c2ccccc12. The van der Waals surface area contributed by atoms with Gasteiger partial charge in [-0.15, -0.1) is 0 Å². The number of nitrogens with one attached hydrogen (secondary N) is 1. The fourth-order valence-electron chi connectivity index (χ4n) is 2.84. The van der Waals surface area contributed by atoms with E-state index in [0.717, 1.165) is 16.9 Å². The summed E-state index contributed by atoms with van der Waals surface area (Å²) >= 11 is 0. The Balaban J connectivity index is 1.69. The third-order valence-electron chi connectivity index (χ3n) is 4.00. The second-order valence-corrected chi connectivity index (χ2v) is 5.55. The Bertz CT molecular complexity index is 836. The van der Waals surface area contributed by atoms with Crippen LogP contribution in [0.5, 0.6) is 5.75 Å². The van der Waals surface area contributed by atoms with E-state index >= 15 is 0 Å². The summed E-state index contributed by atoms with van der Waals surface area (Å²) in [6.07, 6.45) is 2.38. The molecule has 0 fully saturated rings. The lowest BCUT2D eigenvalue weighted by atomic mass is 10.1. The lowest BCUT2D eigenvalue weighted by Gasteiger charge is -2.08. The van der Waals surface area contributed by atoms with Crippen LogP contribution in [0.1, 0.15) is 11.1 Å². The maximum atomic E-state index is 12.2. The predicted molar refractivity (Wildman–Crippen MR) is 91.5 cm³/mol. The van der Waals surface area contributed by atoms with Crippen LogP contribution in [0.3, 0.4) is 0 Å². The third kappa shape index (κ3) is 3.21. The van der Waals surface area contributed by atoms with Crippen LogP contribution in [0.2, 0.25) is 0 Å². The number of nitrogens with zero attached hydrogens (tertiary/aromatic N) is 1. The van der Waals surface area contributed by atoms with Gasteiger partial charge in [0.05, 0.1) is 13.5 Å². The van der Waals surface area contributed by atoms with Crippen molar-refractivity contribution in [2.75, 3.05) is 7.11 Å². The maximum absolute atomic E-state index is 12.2. The van der Waals surface area contributed by atoms with Crippen molar-refractivity contribution < 1.29 is 9.53 Å². The zero-order chi connectivity index (χ0) is 16.2. The van der Waals surface area contributed by atoms with Gasteiger partial charge in [0.2, 0.25) is 5.91 Å². The van der Waals surface area contributed by atoms with E-state index in [1.807, 2.05) is 43.4 Å². The summed E-state index contributed by atoms with van der Waals surface area (Å²) in [5.41, 5.74) is 3.18. The Morgan fingerprint density at radius 1 is 1.09 bits per heavy atom. The van der Waals surface area contributed by atoms with Gasteiger partial charge in [0.15, 0.2) is 0 Å². The smallest absolute Gasteiger partial charge is 0.224 e. The predicted octanol–water partition coefficient (Wildman–Crippen LogP) is 3.05. The summed E-state index contributed by atoms with van der Waals surface area (Å²) in [5.74, 6) is 0.732. The molecule has 4 heteroatoms. The highest BCUT2D eigenvalue weighted by Gasteiger charge is 2.10. The number of fused-ring (bicyclic) bond motifs is 1. The zero-order valence-corrected chi connectivity index (χ0v) is 13.4. The largest absolute Gasteiger partial charge is 0.496 e. The van der Waals surface area contributed by atoms with Gasteiger partial charge in [-0.2, -0.15) is 0 Å². The number of methoxy groups -OCH3 is 1. The Kier molecular flexibility index (Phi) is 4.33. The Morgan fingerprint density at radius 3 is 2.65 bits per heavy atom. The number of aromatic nitrogens is 1. The van der Waals surface area contributed by atoms with Gasteiger partial charge in [-0.25, -0.2) is 0 Å². The highest BCUT2D eigenvalue weighted by Crippen LogP contribution is 2.20. The molecule has 0 aliphatic carbocycles. The summed E-state index contributed by atoms with van der Waals surface area (Å²) < 4.78 is 7.37. The van der Waals surface area contributed by atoms with Crippen molar-refractivity contribution in [2.24, 2.45) is 7.05 Å². The van der Waals surface area contributed by atoms with Gasteiger partial charge in [-0.3, -0.25) is 4.79 Å². The number of rotatable bonds is 5. The molecule has 2 aromatic carbocycles. The second-order valence-electron chi connectivity index (χ2n) is 5.55. The number of benzene rings is 2. The van der Waals surface area contributed by atoms with E-state index in [4.69, 9.17) is 4.74 Å². The van der Waals surface area contributed by atoms with Crippen molar-refractivity contribution in [1.82, 2.24) is 9.88 Å². The molecule has 0 aliphatic heterocycles. The normalized spacial score (nSPS) is 10.7. The third-order valence-corrected chi connectivity index (χ3v) is 4.00. The van der Waals surface area contributed by atoms with Crippen LogP contribution < -0.4 is 10.1 Å². The van der Waals surface area contributed by atoms with Crippen LogP contribution in [0.4, 0.5) is 0 Å². The Morgan fingerprint density at radius 2 is 1.83 bits per heavy atom. The van der Waals surface area contributed by atoms with E-state index in [0.29, 0.717) is 13.0 Å². The van der Waals surface area contributed by atoms with Crippen LogP contribution in [0, 0.1) is 0 Å². The fourth-order valence-corrected chi connectivity index (χ4v) is 2.84. The lowest BCUT2D eigenvalue weighted by Crippen LogP contribution is -2.24. The molecule has 1 N–H and O–H groups in total. The van der Waals surface area contributed by atoms with Gasteiger partial charge in [0.25, 0.3) is 0 Å². The number of hydrogen-bond donors (Lipinski definition) is 1. The van der Waals surface area contributed by atoms with Gasteiger partial charge < -0.3 is 14.6 Å². The minimum atomic E-state index is -0.0116. The average Bonchev–Trinajstić information content (AvgIpc) is 2.90. The molecule has 1 heterocycles. The molecule has 1 aromatic heterocycles. The number of amides is 1. The van der Waals surface area contributed by atoms with E-state index in [1.54, 1.807) is 7.11 Å². The fraction of sp³-hybridized carbons (Fsp3) is 0.211. The lowest BCUT2D eigenvalue weighted by molar-refractivity contribution is -0.120. The Labute approximate surface area is 135 Å². The molecule has 3 rings (SSSR count). The monoisotopic (exact) mass is 308 g/mol. The van der Waals surface area contributed by atoms with Crippen LogP contribution >= 0.6 is 0 Å². The quantitative estimate of drug-likeness (QED) is 0.787. The molecule has 0 saturated heterocycles. The molecule has 4 nitrogen and oxygen atoms in total. The summed E-state index contributed by atoms with van der Waals surface area (Å²) in [4.78, 5) is 12.2. The molecule has 1 amide bonds. The van der Waals surface area contributed by atoms with E-state index in [9.17, 15) is 4.79 Å². The number of ether oxygens (including phenoxy) is 1.